The zero-order chi connectivity index (χ0) is 9.59. The first-order valence-corrected chi connectivity index (χ1v) is 5.59. The maximum Gasteiger partial charge on any atom is 0.347 e. The molecule has 0 fully saturated rings. The lowest BCUT2D eigenvalue weighted by Gasteiger charge is -1.86. The molecule has 2 nitrogen and oxygen atoms in total. The maximum atomic E-state index is 10.7. The third-order valence-electron chi connectivity index (χ3n) is 1.47. The van der Waals surface area contributed by atoms with E-state index in [0.717, 1.165) is 20.7 Å². The maximum absolute atomic E-state index is 10.7. The molecule has 2 aromatic rings. The fourth-order valence-electron chi connectivity index (χ4n) is 0.970. The van der Waals surface area contributed by atoms with E-state index in [1.165, 1.54) is 11.3 Å². The van der Waals surface area contributed by atoms with Crippen LogP contribution in [0.25, 0.3) is 9.40 Å². The van der Waals surface area contributed by atoms with Gasteiger partial charge in [0, 0.05) is 4.70 Å². The summed E-state index contributed by atoms with van der Waals surface area (Å²) in [7, 11) is 0. The number of aromatic carboxylic acids is 1. The van der Waals surface area contributed by atoms with Crippen molar-refractivity contribution in [1.29, 1.82) is 0 Å². The van der Waals surface area contributed by atoms with Crippen LogP contribution in [0.3, 0.4) is 0 Å². The monoisotopic (exact) mass is 252 g/mol. The molecular formula is C7H2Cl2O2S2. The van der Waals surface area contributed by atoms with Crippen molar-refractivity contribution >= 4 is 61.2 Å². The summed E-state index contributed by atoms with van der Waals surface area (Å²) in [5, 5.41) is 9.05. The van der Waals surface area contributed by atoms with Crippen molar-refractivity contribution in [3.63, 3.8) is 0 Å². The van der Waals surface area contributed by atoms with Crippen LogP contribution in [-0.4, -0.2) is 11.1 Å². The zero-order valence-corrected chi connectivity index (χ0v) is 9.15. The minimum atomic E-state index is -0.991. The molecule has 0 saturated heterocycles. The summed E-state index contributed by atoms with van der Waals surface area (Å²) in [6.45, 7) is 0. The van der Waals surface area contributed by atoms with Crippen molar-refractivity contribution < 1.29 is 9.90 Å². The van der Waals surface area contributed by atoms with E-state index in [0.29, 0.717) is 9.36 Å². The summed E-state index contributed by atoms with van der Waals surface area (Å²) in [5.74, 6) is -0.991. The van der Waals surface area contributed by atoms with Gasteiger partial charge in [-0.15, -0.1) is 22.7 Å². The van der Waals surface area contributed by atoms with Gasteiger partial charge in [-0.3, -0.25) is 0 Å². The Hall–Kier alpha value is -0.290. The molecule has 0 amide bonds. The molecule has 68 valence electrons. The van der Waals surface area contributed by atoms with Crippen LogP contribution < -0.4 is 0 Å². The van der Waals surface area contributed by atoms with Gasteiger partial charge in [0.1, 0.15) is 4.88 Å². The second kappa shape index (κ2) is 3.13. The number of halogens is 2. The molecule has 0 spiro atoms. The summed E-state index contributed by atoms with van der Waals surface area (Å²) >= 11 is 14.0. The van der Waals surface area contributed by atoms with Crippen molar-refractivity contribution in [3.8, 4) is 0 Å². The fraction of sp³-hybridized carbons (Fsp3) is 0. The largest absolute Gasteiger partial charge is 0.477 e. The van der Waals surface area contributed by atoms with Gasteiger partial charge < -0.3 is 5.11 Å². The highest BCUT2D eigenvalue weighted by molar-refractivity contribution is 7.31. The number of carbonyl (C=O) groups is 1. The first kappa shape index (κ1) is 9.27. The molecule has 0 aliphatic heterocycles. The van der Waals surface area contributed by atoms with E-state index in [1.54, 1.807) is 6.07 Å². The van der Waals surface area contributed by atoms with Gasteiger partial charge in [0.15, 0.2) is 0 Å². The molecule has 0 atom stereocenters. The Morgan fingerprint density at radius 3 is 2.62 bits per heavy atom. The number of hydrogen-bond donors (Lipinski definition) is 1. The number of carboxylic acids is 1. The van der Waals surface area contributed by atoms with Crippen LogP contribution >= 0.6 is 45.9 Å². The van der Waals surface area contributed by atoms with E-state index in [4.69, 9.17) is 28.3 Å². The molecule has 0 bridgehead atoms. The highest BCUT2D eigenvalue weighted by atomic mass is 35.5. The third kappa shape index (κ3) is 1.44. The molecule has 13 heavy (non-hydrogen) atoms. The Labute approximate surface area is 91.3 Å². The van der Waals surface area contributed by atoms with Gasteiger partial charge in [0.2, 0.25) is 0 Å². The summed E-state index contributed by atoms with van der Waals surface area (Å²) in [4.78, 5) is 10.9. The van der Waals surface area contributed by atoms with Crippen LogP contribution in [0.2, 0.25) is 9.36 Å². The van der Waals surface area contributed by atoms with Crippen LogP contribution in [0, 0.1) is 0 Å². The van der Waals surface area contributed by atoms with Crippen molar-refractivity contribution in [2.75, 3.05) is 0 Å². The highest BCUT2D eigenvalue weighted by Crippen LogP contribution is 2.42. The molecule has 0 saturated carbocycles. The van der Waals surface area contributed by atoms with Crippen LogP contribution in [0.1, 0.15) is 9.67 Å². The van der Waals surface area contributed by atoms with Gasteiger partial charge in [0.25, 0.3) is 0 Å². The smallest absolute Gasteiger partial charge is 0.347 e. The Balaban J connectivity index is 2.76. The molecule has 2 rings (SSSR count). The molecule has 1 N–H and O–H groups in total. The van der Waals surface area contributed by atoms with Crippen LogP contribution in [-0.2, 0) is 0 Å². The van der Waals surface area contributed by atoms with Gasteiger partial charge in [0.05, 0.1) is 14.1 Å². The number of thiophene rings is 2. The molecule has 6 heteroatoms. The molecule has 0 aromatic carbocycles. The lowest BCUT2D eigenvalue weighted by atomic mass is 10.4. The van der Waals surface area contributed by atoms with Crippen molar-refractivity contribution in [1.82, 2.24) is 0 Å². The molecule has 0 aliphatic carbocycles. The van der Waals surface area contributed by atoms with E-state index in [9.17, 15) is 4.79 Å². The van der Waals surface area contributed by atoms with Crippen molar-refractivity contribution in [2.45, 2.75) is 0 Å². The van der Waals surface area contributed by atoms with Gasteiger partial charge >= 0.3 is 5.97 Å². The second-order valence-corrected chi connectivity index (χ2v) is 5.41. The Morgan fingerprint density at radius 1 is 1.38 bits per heavy atom. The first-order valence-electron chi connectivity index (χ1n) is 3.20. The van der Waals surface area contributed by atoms with Crippen LogP contribution in [0.4, 0.5) is 0 Å². The quantitative estimate of drug-likeness (QED) is 0.834. The highest BCUT2D eigenvalue weighted by Gasteiger charge is 2.17. The standard InChI is InChI=1S/C7H2Cl2O2S2/c8-3-1-2-5(13-3)4(9)6(12-2)7(10)11/h1H,(H,10,11). The normalized spacial score (nSPS) is 10.9. The van der Waals surface area contributed by atoms with E-state index < -0.39 is 5.97 Å². The molecule has 2 heterocycles. The molecule has 0 radical (unpaired) electrons. The van der Waals surface area contributed by atoms with E-state index >= 15 is 0 Å². The van der Waals surface area contributed by atoms with E-state index in [-0.39, 0.29) is 4.88 Å². The minimum Gasteiger partial charge on any atom is -0.477 e. The van der Waals surface area contributed by atoms with Gasteiger partial charge in [-0.05, 0) is 6.07 Å². The van der Waals surface area contributed by atoms with Gasteiger partial charge in [-0.2, -0.15) is 0 Å². The Bertz CT molecular complexity index is 486. The number of rotatable bonds is 1. The topological polar surface area (TPSA) is 37.3 Å². The van der Waals surface area contributed by atoms with Crippen molar-refractivity contribution in [2.24, 2.45) is 0 Å². The summed E-state index contributed by atoms with van der Waals surface area (Å²) in [5.41, 5.74) is 0. The Morgan fingerprint density at radius 2 is 2.08 bits per heavy atom. The van der Waals surface area contributed by atoms with Crippen LogP contribution in [0.15, 0.2) is 6.07 Å². The SMILES string of the molecule is O=C(O)c1sc2cc(Cl)sc2c1Cl. The number of fused-ring (bicyclic) bond motifs is 1. The average molecular weight is 253 g/mol. The second-order valence-electron chi connectivity index (χ2n) is 2.29. The minimum absolute atomic E-state index is 0.180. The predicted molar refractivity (Wildman–Crippen MR) is 56.7 cm³/mol. The van der Waals surface area contributed by atoms with Gasteiger partial charge in [-0.1, -0.05) is 23.2 Å². The van der Waals surface area contributed by atoms with Gasteiger partial charge in [-0.25, -0.2) is 4.79 Å². The summed E-state index contributed by atoms with van der Waals surface area (Å²) < 4.78 is 2.21. The lowest BCUT2D eigenvalue weighted by Crippen LogP contribution is -1.91. The number of carboxylic acid groups (broad SMARTS) is 1. The molecule has 2 aromatic heterocycles. The lowest BCUT2D eigenvalue weighted by molar-refractivity contribution is 0.0702. The average Bonchev–Trinajstić information content (AvgIpc) is 2.51. The molecular weight excluding hydrogens is 251 g/mol. The molecule has 0 unspecified atom stereocenters. The Kier molecular flexibility index (Phi) is 2.23. The van der Waals surface area contributed by atoms with Crippen molar-refractivity contribution in [3.05, 3.63) is 20.3 Å². The molecule has 0 aliphatic rings. The zero-order valence-electron chi connectivity index (χ0n) is 6.01. The summed E-state index contributed by atoms with van der Waals surface area (Å²) in [6.07, 6.45) is 0. The van der Waals surface area contributed by atoms with Crippen LogP contribution in [0.5, 0.6) is 0 Å². The fourth-order valence-corrected chi connectivity index (χ4v) is 3.83. The summed E-state index contributed by atoms with van der Waals surface area (Å²) in [6, 6.07) is 1.73. The first-order chi connectivity index (χ1) is 6.09. The third-order valence-corrected chi connectivity index (χ3v) is 4.61. The van der Waals surface area contributed by atoms with E-state index in [2.05, 4.69) is 0 Å². The van der Waals surface area contributed by atoms with E-state index in [1.807, 2.05) is 0 Å². The number of hydrogen-bond acceptors (Lipinski definition) is 3. The predicted octanol–water partition coefficient (Wildman–Crippen LogP) is 3.97.